The molecule has 0 unspecified atom stereocenters. The fourth-order valence-corrected chi connectivity index (χ4v) is 6.21. The quantitative estimate of drug-likeness (QED) is 0.141. The van der Waals surface area contributed by atoms with Gasteiger partial charge in [-0.1, -0.05) is 95.4 Å². The average molecular weight is 588 g/mol. The molecule has 8 nitrogen and oxygen atoms in total. The number of unbranched alkanes of at least 4 members (excludes halogenated alkanes) is 9. The van der Waals surface area contributed by atoms with Gasteiger partial charge in [-0.05, 0) is 56.4 Å². The molecule has 1 fully saturated rings. The predicted molar refractivity (Wildman–Crippen MR) is 170 cm³/mol. The molecular weight excluding hydrogens is 542 g/mol. The van der Waals surface area contributed by atoms with Gasteiger partial charge in [0.15, 0.2) is 5.82 Å². The number of rotatable bonds is 15. The number of aryl methyl sites for hydroxylation is 1. The highest BCUT2D eigenvalue weighted by molar-refractivity contribution is 5.80. The van der Waals surface area contributed by atoms with E-state index in [1.54, 1.807) is 24.3 Å². The number of hydrogen-bond acceptors (Lipinski definition) is 6. The highest BCUT2D eigenvalue weighted by atomic mass is 16.5. The standard InChI is InChI=1S/C35H45N3O5/c1-2-3-4-5-6-7-8-9-10-18-25-37-28-22-15-14-21-27(28)33(39)36-32(37)31-34(40)38(35(41)43-31)29-23-16-17-24-30(29)42-26-19-12-11-13-20-26/h14-17,21-24,26,40H,2-13,18-20,25H2,1H3. The highest BCUT2D eigenvalue weighted by Gasteiger charge is 2.26. The Balaban J connectivity index is 1.40. The van der Waals surface area contributed by atoms with Gasteiger partial charge in [0.25, 0.3) is 5.56 Å². The first-order valence-electron chi connectivity index (χ1n) is 16.3. The SMILES string of the molecule is CCCCCCCCCCCCn1c(-c2oc(=O)n(-c3ccccc3OC3CCCCC3)c2O)nc(=O)c2ccccc21. The number of ether oxygens (including phenoxy) is 1. The van der Waals surface area contributed by atoms with Crippen LogP contribution in [0.2, 0.25) is 0 Å². The van der Waals surface area contributed by atoms with Gasteiger partial charge in [0.05, 0.1) is 22.7 Å². The van der Waals surface area contributed by atoms with E-state index >= 15 is 0 Å². The van der Waals surface area contributed by atoms with Crippen LogP contribution in [0.3, 0.4) is 0 Å². The molecule has 1 aliphatic carbocycles. The second kappa shape index (κ2) is 15.1. The van der Waals surface area contributed by atoms with Crippen molar-refractivity contribution in [2.75, 3.05) is 0 Å². The summed E-state index contributed by atoms with van der Waals surface area (Å²) < 4.78 is 15.0. The van der Waals surface area contributed by atoms with Gasteiger partial charge < -0.3 is 18.8 Å². The zero-order valence-electron chi connectivity index (χ0n) is 25.4. The summed E-state index contributed by atoms with van der Waals surface area (Å²) >= 11 is 0. The van der Waals surface area contributed by atoms with E-state index in [1.165, 1.54) is 51.4 Å². The molecule has 2 heterocycles. The van der Waals surface area contributed by atoms with Crippen molar-refractivity contribution in [2.45, 2.75) is 116 Å². The lowest BCUT2D eigenvalue weighted by Crippen LogP contribution is -2.21. The second-order valence-electron chi connectivity index (χ2n) is 11.8. The fraction of sp³-hybridized carbons (Fsp3) is 0.514. The first kappa shape index (κ1) is 30.6. The maximum Gasteiger partial charge on any atom is 0.427 e. The van der Waals surface area contributed by atoms with Crippen LogP contribution in [-0.2, 0) is 6.54 Å². The molecule has 0 aliphatic heterocycles. The number of hydrogen-bond donors (Lipinski definition) is 1. The van der Waals surface area contributed by atoms with Crippen molar-refractivity contribution >= 4 is 10.9 Å². The lowest BCUT2D eigenvalue weighted by molar-refractivity contribution is 0.154. The normalized spacial score (nSPS) is 14.0. The summed E-state index contributed by atoms with van der Waals surface area (Å²) in [5.74, 6) is -0.622. The fourth-order valence-electron chi connectivity index (χ4n) is 6.21. The minimum Gasteiger partial charge on any atom is -0.491 e. The Hall–Kier alpha value is -3.81. The van der Waals surface area contributed by atoms with Gasteiger partial charge in [0, 0.05) is 6.54 Å². The minimum absolute atomic E-state index is 0.0625. The van der Waals surface area contributed by atoms with Crippen molar-refractivity contribution < 1.29 is 14.3 Å². The molecular formula is C35H45N3O5. The molecule has 0 amide bonds. The maximum atomic E-state index is 13.2. The molecule has 230 valence electrons. The number of benzene rings is 2. The summed E-state index contributed by atoms with van der Waals surface area (Å²) in [7, 11) is 0. The smallest absolute Gasteiger partial charge is 0.427 e. The number of fused-ring (bicyclic) bond motifs is 1. The van der Waals surface area contributed by atoms with Gasteiger partial charge in [-0.2, -0.15) is 4.98 Å². The molecule has 0 bridgehead atoms. The van der Waals surface area contributed by atoms with Crippen LogP contribution in [-0.4, -0.2) is 25.3 Å². The van der Waals surface area contributed by atoms with Crippen molar-refractivity contribution in [3.8, 4) is 28.9 Å². The third-order valence-electron chi connectivity index (χ3n) is 8.57. The lowest BCUT2D eigenvalue weighted by atomic mass is 9.98. The molecule has 5 rings (SSSR count). The molecule has 1 aliphatic rings. The van der Waals surface area contributed by atoms with Gasteiger partial charge >= 0.3 is 5.76 Å². The molecule has 1 N–H and O–H groups in total. The molecule has 2 aromatic heterocycles. The van der Waals surface area contributed by atoms with Crippen LogP contribution in [0.25, 0.3) is 28.2 Å². The van der Waals surface area contributed by atoms with Crippen LogP contribution in [0.5, 0.6) is 11.6 Å². The zero-order chi connectivity index (χ0) is 30.0. The van der Waals surface area contributed by atoms with E-state index in [-0.39, 0.29) is 17.7 Å². The topological polar surface area (TPSA) is 99.5 Å². The lowest BCUT2D eigenvalue weighted by Gasteiger charge is -2.24. The van der Waals surface area contributed by atoms with E-state index in [0.717, 1.165) is 49.5 Å². The Morgan fingerprint density at radius 1 is 0.860 bits per heavy atom. The van der Waals surface area contributed by atoms with Gasteiger partial charge in [0.1, 0.15) is 5.75 Å². The number of aromatic hydroxyl groups is 1. The van der Waals surface area contributed by atoms with Crippen molar-refractivity contribution in [2.24, 2.45) is 0 Å². The van der Waals surface area contributed by atoms with Crippen LogP contribution in [0, 0.1) is 0 Å². The Bertz CT molecular complexity index is 1600. The molecule has 2 aromatic carbocycles. The minimum atomic E-state index is -0.764. The summed E-state index contributed by atoms with van der Waals surface area (Å²) in [4.78, 5) is 30.6. The Kier molecular flexibility index (Phi) is 10.7. The van der Waals surface area contributed by atoms with Gasteiger partial charge in [-0.3, -0.25) is 4.79 Å². The number of oxazole rings is 1. The average Bonchev–Trinajstić information content (AvgIpc) is 3.32. The number of nitrogens with zero attached hydrogens (tertiary/aromatic N) is 3. The summed E-state index contributed by atoms with van der Waals surface area (Å²) in [6, 6.07) is 14.5. The molecule has 0 spiro atoms. The molecule has 8 heteroatoms. The molecule has 4 aromatic rings. The second-order valence-corrected chi connectivity index (χ2v) is 11.8. The first-order valence-corrected chi connectivity index (χ1v) is 16.3. The van der Waals surface area contributed by atoms with E-state index in [4.69, 9.17) is 9.15 Å². The molecule has 0 radical (unpaired) electrons. The predicted octanol–water partition coefficient (Wildman–Crippen LogP) is 8.15. The Morgan fingerprint density at radius 2 is 1.51 bits per heavy atom. The van der Waals surface area contributed by atoms with E-state index in [1.807, 2.05) is 28.8 Å². The van der Waals surface area contributed by atoms with Crippen molar-refractivity contribution in [3.63, 3.8) is 0 Å². The van der Waals surface area contributed by atoms with E-state index in [9.17, 15) is 14.7 Å². The molecule has 0 atom stereocenters. The van der Waals surface area contributed by atoms with Gasteiger partial charge in [-0.15, -0.1) is 0 Å². The van der Waals surface area contributed by atoms with Crippen molar-refractivity contribution in [1.82, 2.24) is 14.1 Å². The van der Waals surface area contributed by atoms with Crippen molar-refractivity contribution in [3.05, 3.63) is 69.4 Å². The number of para-hydroxylation sites is 3. The summed E-state index contributed by atoms with van der Waals surface area (Å²) in [5.41, 5.74) is 0.667. The largest absolute Gasteiger partial charge is 0.491 e. The van der Waals surface area contributed by atoms with E-state index < -0.39 is 17.2 Å². The first-order chi connectivity index (χ1) is 21.1. The summed E-state index contributed by atoms with van der Waals surface area (Å²) in [6.07, 6.45) is 17.5. The van der Waals surface area contributed by atoms with Gasteiger partial charge in [-0.25, -0.2) is 9.36 Å². The Labute approximate surface area is 253 Å². The molecule has 0 saturated heterocycles. The van der Waals surface area contributed by atoms with Crippen LogP contribution >= 0.6 is 0 Å². The zero-order valence-corrected chi connectivity index (χ0v) is 25.4. The molecule has 1 saturated carbocycles. The monoisotopic (exact) mass is 587 g/mol. The van der Waals surface area contributed by atoms with Crippen molar-refractivity contribution in [1.29, 1.82) is 0 Å². The number of aromatic nitrogens is 3. The van der Waals surface area contributed by atoms with Crippen LogP contribution in [0.1, 0.15) is 103 Å². The summed E-state index contributed by atoms with van der Waals surface area (Å²) in [5, 5.41) is 11.9. The Morgan fingerprint density at radius 3 is 2.26 bits per heavy atom. The summed E-state index contributed by atoms with van der Waals surface area (Å²) in [6.45, 7) is 2.82. The third-order valence-corrected chi connectivity index (χ3v) is 8.57. The van der Waals surface area contributed by atoms with Crippen LogP contribution in [0.15, 0.2) is 62.5 Å². The van der Waals surface area contributed by atoms with E-state index in [0.29, 0.717) is 28.9 Å². The van der Waals surface area contributed by atoms with E-state index in [2.05, 4.69) is 11.9 Å². The van der Waals surface area contributed by atoms with Gasteiger partial charge in [0.2, 0.25) is 11.6 Å². The maximum absolute atomic E-state index is 13.2. The highest BCUT2D eigenvalue weighted by Crippen LogP contribution is 2.34. The van der Waals surface area contributed by atoms with Crippen LogP contribution < -0.4 is 16.1 Å². The third kappa shape index (κ3) is 7.40. The van der Waals surface area contributed by atoms with Crippen LogP contribution in [0.4, 0.5) is 0 Å². The molecule has 43 heavy (non-hydrogen) atoms.